The zero-order valence-electron chi connectivity index (χ0n) is 12.4. The standard InChI is InChI=1S/C14H26N4O/c1-4-7-12-13(15)14(18(3)16-12)17(2)10-11-8-5-6-9-19-11/h11H,4-10,15H2,1-3H3. The second kappa shape index (κ2) is 6.28. The maximum Gasteiger partial charge on any atom is 0.150 e. The maximum atomic E-state index is 6.23. The van der Waals surface area contributed by atoms with Gasteiger partial charge in [0.25, 0.3) is 0 Å². The molecule has 5 nitrogen and oxygen atoms in total. The zero-order valence-corrected chi connectivity index (χ0v) is 12.4. The van der Waals surface area contributed by atoms with Gasteiger partial charge >= 0.3 is 0 Å². The Hall–Kier alpha value is -1.23. The van der Waals surface area contributed by atoms with Crippen LogP contribution in [0.4, 0.5) is 11.5 Å². The molecular weight excluding hydrogens is 240 g/mol. The smallest absolute Gasteiger partial charge is 0.150 e. The van der Waals surface area contributed by atoms with Crippen molar-refractivity contribution in [2.45, 2.75) is 45.1 Å². The fourth-order valence-electron chi connectivity index (χ4n) is 2.80. The fraction of sp³-hybridized carbons (Fsp3) is 0.786. The Bertz CT molecular complexity index is 410. The highest BCUT2D eigenvalue weighted by Crippen LogP contribution is 2.27. The van der Waals surface area contributed by atoms with E-state index < -0.39 is 0 Å². The van der Waals surface area contributed by atoms with Gasteiger partial charge in [-0.1, -0.05) is 13.3 Å². The van der Waals surface area contributed by atoms with E-state index in [1.807, 2.05) is 11.7 Å². The first kappa shape index (κ1) is 14.2. The molecule has 1 aliphatic heterocycles. The first-order valence-electron chi connectivity index (χ1n) is 7.27. The van der Waals surface area contributed by atoms with Crippen LogP contribution >= 0.6 is 0 Å². The van der Waals surface area contributed by atoms with Crippen LogP contribution in [0, 0.1) is 0 Å². The number of likely N-dealkylation sites (N-methyl/N-ethyl adjacent to an activating group) is 1. The number of nitrogen functional groups attached to an aromatic ring is 1. The summed E-state index contributed by atoms with van der Waals surface area (Å²) in [7, 11) is 4.03. The summed E-state index contributed by atoms with van der Waals surface area (Å²) >= 11 is 0. The minimum Gasteiger partial charge on any atom is -0.394 e. The minimum atomic E-state index is 0.322. The van der Waals surface area contributed by atoms with Crippen LogP contribution in [0.1, 0.15) is 38.3 Å². The first-order valence-corrected chi connectivity index (χ1v) is 7.27. The molecule has 1 aromatic heterocycles. The highest BCUT2D eigenvalue weighted by molar-refractivity contribution is 5.66. The molecule has 19 heavy (non-hydrogen) atoms. The third kappa shape index (κ3) is 3.21. The lowest BCUT2D eigenvalue weighted by molar-refractivity contribution is 0.0215. The Labute approximate surface area is 115 Å². The van der Waals surface area contributed by atoms with Crippen molar-refractivity contribution in [2.75, 3.05) is 30.8 Å². The van der Waals surface area contributed by atoms with E-state index >= 15 is 0 Å². The molecule has 2 rings (SSSR count). The molecule has 0 bridgehead atoms. The van der Waals surface area contributed by atoms with Gasteiger partial charge in [0.05, 0.1) is 17.5 Å². The van der Waals surface area contributed by atoms with E-state index in [2.05, 4.69) is 24.0 Å². The van der Waals surface area contributed by atoms with E-state index in [1.54, 1.807) is 0 Å². The van der Waals surface area contributed by atoms with Crippen LogP contribution < -0.4 is 10.6 Å². The molecule has 1 unspecified atom stereocenters. The fourth-order valence-corrected chi connectivity index (χ4v) is 2.80. The van der Waals surface area contributed by atoms with Crippen LogP contribution in [0.5, 0.6) is 0 Å². The number of anilines is 2. The maximum absolute atomic E-state index is 6.23. The van der Waals surface area contributed by atoms with Gasteiger partial charge in [0, 0.05) is 27.2 Å². The number of aromatic nitrogens is 2. The summed E-state index contributed by atoms with van der Waals surface area (Å²) in [5.41, 5.74) is 8.06. The molecule has 0 radical (unpaired) electrons. The van der Waals surface area contributed by atoms with Crippen LogP contribution in [-0.2, 0) is 18.2 Å². The van der Waals surface area contributed by atoms with Gasteiger partial charge in [-0.25, -0.2) is 0 Å². The van der Waals surface area contributed by atoms with Gasteiger partial charge in [-0.2, -0.15) is 5.10 Å². The highest BCUT2D eigenvalue weighted by atomic mass is 16.5. The van der Waals surface area contributed by atoms with Crippen molar-refractivity contribution >= 4 is 11.5 Å². The number of nitrogens with two attached hydrogens (primary N) is 1. The predicted molar refractivity (Wildman–Crippen MR) is 78.5 cm³/mol. The molecule has 1 aliphatic rings. The second-order valence-corrected chi connectivity index (χ2v) is 5.43. The van der Waals surface area contributed by atoms with Gasteiger partial charge in [0.15, 0.2) is 0 Å². The average Bonchev–Trinajstić information content (AvgIpc) is 2.66. The second-order valence-electron chi connectivity index (χ2n) is 5.43. The van der Waals surface area contributed by atoms with E-state index in [0.29, 0.717) is 6.10 Å². The number of nitrogens with zero attached hydrogens (tertiary/aromatic N) is 3. The Morgan fingerprint density at radius 3 is 2.89 bits per heavy atom. The Morgan fingerprint density at radius 1 is 1.47 bits per heavy atom. The Kier molecular flexibility index (Phi) is 4.69. The topological polar surface area (TPSA) is 56.3 Å². The van der Waals surface area contributed by atoms with Gasteiger partial charge in [-0.05, 0) is 25.7 Å². The highest BCUT2D eigenvalue weighted by Gasteiger charge is 2.21. The minimum absolute atomic E-state index is 0.322. The van der Waals surface area contributed by atoms with Crippen LogP contribution in [-0.4, -0.2) is 36.1 Å². The molecule has 1 aromatic rings. The molecule has 0 saturated carbocycles. The van der Waals surface area contributed by atoms with Crippen LogP contribution in [0.2, 0.25) is 0 Å². The Morgan fingerprint density at radius 2 is 2.26 bits per heavy atom. The SMILES string of the molecule is CCCc1nn(C)c(N(C)CC2CCCCO2)c1N. The molecule has 0 aliphatic carbocycles. The molecule has 0 amide bonds. The van der Waals surface area contributed by atoms with E-state index in [4.69, 9.17) is 10.5 Å². The van der Waals surface area contributed by atoms with Gasteiger partial charge in [-0.15, -0.1) is 0 Å². The molecule has 1 atom stereocenters. The van der Waals surface area contributed by atoms with E-state index in [9.17, 15) is 0 Å². The zero-order chi connectivity index (χ0) is 13.8. The third-order valence-electron chi connectivity index (χ3n) is 3.73. The number of hydrogen-bond acceptors (Lipinski definition) is 4. The van der Waals surface area contributed by atoms with E-state index in [-0.39, 0.29) is 0 Å². The quantitative estimate of drug-likeness (QED) is 0.885. The van der Waals surface area contributed by atoms with Gasteiger partial charge in [0.1, 0.15) is 5.82 Å². The summed E-state index contributed by atoms with van der Waals surface area (Å²) < 4.78 is 7.68. The van der Waals surface area contributed by atoms with Crippen molar-refractivity contribution in [3.63, 3.8) is 0 Å². The summed E-state index contributed by atoms with van der Waals surface area (Å²) in [4.78, 5) is 2.18. The Balaban J connectivity index is 2.07. The number of rotatable bonds is 5. The monoisotopic (exact) mass is 266 g/mol. The summed E-state index contributed by atoms with van der Waals surface area (Å²) in [5.74, 6) is 1.01. The summed E-state index contributed by atoms with van der Waals surface area (Å²) in [5, 5.41) is 4.52. The number of ether oxygens (including phenoxy) is 1. The lowest BCUT2D eigenvalue weighted by atomic mass is 10.1. The molecule has 1 saturated heterocycles. The lowest BCUT2D eigenvalue weighted by Crippen LogP contribution is -2.34. The summed E-state index contributed by atoms with van der Waals surface area (Å²) in [6.45, 7) is 3.92. The van der Waals surface area contributed by atoms with Crippen LogP contribution in [0.25, 0.3) is 0 Å². The van der Waals surface area contributed by atoms with Crippen LogP contribution in [0.3, 0.4) is 0 Å². The van der Waals surface area contributed by atoms with Gasteiger partial charge in [-0.3, -0.25) is 4.68 Å². The van der Waals surface area contributed by atoms with Crippen molar-refractivity contribution < 1.29 is 4.74 Å². The largest absolute Gasteiger partial charge is 0.394 e. The first-order chi connectivity index (χ1) is 9.13. The van der Waals surface area contributed by atoms with Crippen molar-refractivity contribution in [3.05, 3.63) is 5.69 Å². The molecule has 0 spiro atoms. The molecular formula is C14H26N4O. The predicted octanol–water partition coefficient (Wildman–Crippen LogP) is 1.96. The average molecular weight is 266 g/mol. The number of aryl methyl sites for hydroxylation is 2. The molecule has 2 N–H and O–H groups in total. The molecule has 0 aromatic carbocycles. The third-order valence-corrected chi connectivity index (χ3v) is 3.73. The van der Waals surface area contributed by atoms with E-state index in [1.165, 1.54) is 12.8 Å². The lowest BCUT2D eigenvalue weighted by Gasteiger charge is -2.28. The number of hydrogen-bond donors (Lipinski definition) is 1. The molecule has 2 heterocycles. The molecule has 1 fully saturated rings. The molecule has 5 heteroatoms. The van der Waals surface area contributed by atoms with Crippen molar-refractivity contribution in [2.24, 2.45) is 7.05 Å². The van der Waals surface area contributed by atoms with E-state index in [0.717, 1.165) is 49.6 Å². The van der Waals surface area contributed by atoms with Gasteiger partial charge in [0.2, 0.25) is 0 Å². The summed E-state index contributed by atoms with van der Waals surface area (Å²) in [6.07, 6.45) is 5.92. The van der Waals surface area contributed by atoms with Crippen LogP contribution in [0.15, 0.2) is 0 Å². The van der Waals surface area contributed by atoms with Crippen molar-refractivity contribution in [3.8, 4) is 0 Å². The molecule has 108 valence electrons. The normalized spacial score (nSPS) is 19.6. The van der Waals surface area contributed by atoms with Crippen molar-refractivity contribution in [1.29, 1.82) is 0 Å². The summed E-state index contributed by atoms with van der Waals surface area (Å²) in [6, 6.07) is 0. The van der Waals surface area contributed by atoms with Gasteiger partial charge < -0.3 is 15.4 Å². The van der Waals surface area contributed by atoms with Crippen molar-refractivity contribution in [1.82, 2.24) is 9.78 Å².